The number of aryl methyl sites for hydroxylation is 1. The normalized spacial score (nSPS) is 16.8. The Kier molecular flexibility index (Phi) is 4.50. The Labute approximate surface area is 103 Å². The van der Waals surface area contributed by atoms with Crippen LogP contribution in [0.3, 0.4) is 0 Å². The second-order valence-electron chi connectivity index (χ2n) is 4.58. The molecule has 1 aromatic rings. The third kappa shape index (κ3) is 3.26. The van der Waals surface area contributed by atoms with Crippen LogP contribution in [0, 0.1) is 0 Å². The van der Waals surface area contributed by atoms with Gasteiger partial charge in [-0.15, -0.1) is 10.2 Å². The minimum Gasteiger partial charge on any atom is -0.380 e. The molecule has 1 N–H and O–H groups in total. The summed E-state index contributed by atoms with van der Waals surface area (Å²) >= 11 is 0. The van der Waals surface area contributed by atoms with E-state index in [1.807, 2.05) is 6.92 Å². The first kappa shape index (κ1) is 12.5. The molecule has 0 aliphatic carbocycles. The summed E-state index contributed by atoms with van der Waals surface area (Å²) < 4.78 is 7.63. The molecule has 0 saturated carbocycles. The van der Waals surface area contributed by atoms with Crippen molar-refractivity contribution in [3.8, 4) is 0 Å². The fraction of sp³-hybridized carbons (Fsp3) is 0.833. The Morgan fingerprint density at radius 1 is 1.41 bits per heavy atom. The fourth-order valence-corrected chi connectivity index (χ4v) is 2.12. The summed E-state index contributed by atoms with van der Waals surface area (Å²) in [6.45, 7) is 7.51. The van der Waals surface area contributed by atoms with E-state index in [0.29, 0.717) is 6.04 Å². The molecule has 0 aromatic carbocycles. The highest BCUT2D eigenvalue weighted by molar-refractivity contribution is 4.98. The number of hydrogen-bond donors (Lipinski definition) is 1. The van der Waals surface area contributed by atoms with E-state index in [4.69, 9.17) is 4.74 Å². The molecule has 0 bridgehead atoms. The zero-order chi connectivity index (χ0) is 12.1. The van der Waals surface area contributed by atoms with Crippen molar-refractivity contribution in [1.29, 1.82) is 0 Å². The Balaban J connectivity index is 1.84. The van der Waals surface area contributed by atoms with Crippen molar-refractivity contribution in [2.24, 2.45) is 0 Å². The summed E-state index contributed by atoms with van der Waals surface area (Å²) in [6.07, 6.45) is 3.56. The van der Waals surface area contributed by atoms with E-state index in [1.165, 1.54) is 12.8 Å². The topological polar surface area (TPSA) is 52.0 Å². The van der Waals surface area contributed by atoms with Crippen molar-refractivity contribution in [2.75, 3.05) is 13.2 Å². The number of nitrogens with zero attached hydrogens (tertiary/aromatic N) is 3. The minimum atomic E-state index is 0.353. The summed E-state index contributed by atoms with van der Waals surface area (Å²) in [6, 6.07) is 0.353. The maximum atomic E-state index is 5.37. The lowest BCUT2D eigenvalue weighted by Gasteiger charge is -2.17. The Morgan fingerprint density at radius 3 is 3.12 bits per heavy atom. The molecular weight excluding hydrogens is 216 g/mol. The van der Waals surface area contributed by atoms with E-state index >= 15 is 0 Å². The second-order valence-corrected chi connectivity index (χ2v) is 4.58. The SMILES string of the molecule is CCOCC(C)NCc1nnc2n1CCCC2. The Bertz CT molecular complexity index is 350. The maximum Gasteiger partial charge on any atom is 0.147 e. The van der Waals surface area contributed by atoms with Crippen LogP contribution in [0.4, 0.5) is 0 Å². The van der Waals surface area contributed by atoms with Crippen molar-refractivity contribution < 1.29 is 4.74 Å². The van der Waals surface area contributed by atoms with Crippen LogP contribution >= 0.6 is 0 Å². The number of nitrogens with one attached hydrogen (secondary N) is 1. The van der Waals surface area contributed by atoms with E-state index in [1.54, 1.807) is 0 Å². The summed E-state index contributed by atoms with van der Waals surface area (Å²) in [7, 11) is 0. The van der Waals surface area contributed by atoms with Crippen LogP contribution in [-0.2, 0) is 24.2 Å². The number of fused-ring (bicyclic) bond motifs is 1. The molecule has 17 heavy (non-hydrogen) atoms. The summed E-state index contributed by atoms with van der Waals surface area (Å²) in [4.78, 5) is 0. The standard InChI is InChI=1S/C12H22N4O/c1-3-17-9-10(2)13-8-12-15-14-11-6-4-5-7-16(11)12/h10,13H,3-9H2,1-2H3. The molecule has 1 atom stereocenters. The zero-order valence-electron chi connectivity index (χ0n) is 10.8. The first-order valence-corrected chi connectivity index (χ1v) is 6.53. The van der Waals surface area contributed by atoms with Gasteiger partial charge in [0.25, 0.3) is 0 Å². The van der Waals surface area contributed by atoms with Gasteiger partial charge in [-0.1, -0.05) is 0 Å². The van der Waals surface area contributed by atoms with Gasteiger partial charge in [-0.2, -0.15) is 0 Å². The first-order chi connectivity index (χ1) is 8.31. The quantitative estimate of drug-likeness (QED) is 0.807. The minimum absolute atomic E-state index is 0.353. The number of ether oxygens (including phenoxy) is 1. The van der Waals surface area contributed by atoms with Gasteiger partial charge in [0.1, 0.15) is 11.6 Å². The lowest BCUT2D eigenvalue weighted by Crippen LogP contribution is -2.31. The second kappa shape index (κ2) is 6.12. The molecular formula is C12H22N4O. The molecule has 5 nitrogen and oxygen atoms in total. The largest absolute Gasteiger partial charge is 0.380 e. The van der Waals surface area contributed by atoms with Crippen molar-refractivity contribution in [1.82, 2.24) is 20.1 Å². The van der Waals surface area contributed by atoms with Crippen LogP contribution in [0.1, 0.15) is 38.3 Å². The molecule has 1 aliphatic heterocycles. The van der Waals surface area contributed by atoms with Gasteiger partial charge < -0.3 is 14.6 Å². The van der Waals surface area contributed by atoms with Gasteiger partial charge >= 0.3 is 0 Å². The molecule has 0 spiro atoms. The van der Waals surface area contributed by atoms with E-state index in [0.717, 1.165) is 44.4 Å². The van der Waals surface area contributed by atoms with Crippen molar-refractivity contribution in [2.45, 2.75) is 52.2 Å². The molecule has 2 rings (SSSR count). The van der Waals surface area contributed by atoms with Gasteiger partial charge in [-0.05, 0) is 26.7 Å². The number of hydrogen-bond acceptors (Lipinski definition) is 4. The van der Waals surface area contributed by atoms with Crippen LogP contribution in [0.2, 0.25) is 0 Å². The van der Waals surface area contributed by atoms with Crippen LogP contribution in [-0.4, -0.2) is 34.0 Å². The lowest BCUT2D eigenvalue weighted by molar-refractivity contribution is 0.126. The Morgan fingerprint density at radius 2 is 2.29 bits per heavy atom. The molecule has 96 valence electrons. The molecule has 1 aliphatic rings. The molecule has 1 unspecified atom stereocenters. The van der Waals surface area contributed by atoms with Gasteiger partial charge in [0.15, 0.2) is 0 Å². The molecule has 0 fully saturated rings. The van der Waals surface area contributed by atoms with Crippen LogP contribution in [0.5, 0.6) is 0 Å². The van der Waals surface area contributed by atoms with Gasteiger partial charge in [0.05, 0.1) is 13.2 Å². The van der Waals surface area contributed by atoms with Crippen molar-refractivity contribution in [3.05, 3.63) is 11.6 Å². The van der Waals surface area contributed by atoms with Gasteiger partial charge in [-0.3, -0.25) is 0 Å². The van der Waals surface area contributed by atoms with Crippen molar-refractivity contribution >= 4 is 0 Å². The van der Waals surface area contributed by atoms with Gasteiger partial charge in [0.2, 0.25) is 0 Å². The zero-order valence-corrected chi connectivity index (χ0v) is 10.8. The van der Waals surface area contributed by atoms with E-state index < -0.39 is 0 Å². The molecule has 0 saturated heterocycles. The van der Waals surface area contributed by atoms with Crippen LogP contribution in [0.25, 0.3) is 0 Å². The molecule has 0 amide bonds. The van der Waals surface area contributed by atoms with Gasteiger partial charge in [0, 0.05) is 25.6 Å². The summed E-state index contributed by atoms with van der Waals surface area (Å²) in [5.74, 6) is 2.20. The predicted molar refractivity (Wildman–Crippen MR) is 65.8 cm³/mol. The highest BCUT2D eigenvalue weighted by atomic mass is 16.5. The first-order valence-electron chi connectivity index (χ1n) is 6.53. The van der Waals surface area contributed by atoms with Crippen molar-refractivity contribution in [3.63, 3.8) is 0 Å². The highest BCUT2D eigenvalue weighted by Crippen LogP contribution is 2.13. The van der Waals surface area contributed by atoms with E-state index in [2.05, 4.69) is 27.0 Å². The predicted octanol–water partition coefficient (Wildman–Crippen LogP) is 1.13. The maximum absolute atomic E-state index is 5.37. The average molecular weight is 238 g/mol. The average Bonchev–Trinajstić information content (AvgIpc) is 2.77. The summed E-state index contributed by atoms with van der Waals surface area (Å²) in [5, 5.41) is 11.9. The molecule has 2 heterocycles. The van der Waals surface area contributed by atoms with E-state index in [-0.39, 0.29) is 0 Å². The Hall–Kier alpha value is -0.940. The van der Waals surface area contributed by atoms with Crippen LogP contribution in [0.15, 0.2) is 0 Å². The third-order valence-corrected chi connectivity index (χ3v) is 3.12. The number of rotatable bonds is 6. The fourth-order valence-electron chi connectivity index (χ4n) is 2.12. The van der Waals surface area contributed by atoms with E-state index in [9.17, 15) is 0 Å². The van der Waals surface area contributed by atoms with Gasteiger partial charge in [-0.25, -0.2) is 0 Å². The smallest absolute Gasteiger partial charge is 0.147 e. The molecule has 5 heteroatoms. The monoisotopic (exact) mass is 238 g/mol. The molecule has 1 aromatic heterocycles. The number of aromatic nitrogens is 3. The van der Waals surface area contributed by atoms with Crippen LogP contribution < -0.4 is 5.32 Å². The molecule has 0 radical (unpaired) electrons. The lowest BCUT2D eigenvalue weighted by atomic mass is 10.2. The summed E-state index contributed by atoms with van der Waals surface area (Å²) in [5.41, 5.74) is 0. The third-order valence-electron chi connectivity index (χ3n) is 3.12. The highest BCUT2D eigenvalue weighted by Gasteiger charge is 2.15.